The van der Waals surface area contributed by atoms with Crippen LogP contribution >= 0.6 is 23.2 Å². The molecule has 0 saturated heterocycles. The maximum Gasteiger partial charge on any atom is 0.232 e. The lowest BCUT2D eigenvalue weighted by Gasteiger charge is -2.10. The fourth-order valence-corrected chi connectivity index (χ4v) is 2.97. The average Bonchev–Trinajstić information content (AvgIpc) is 2.96. The van der Waals surface area contributed by atoms with E-state index in [0.29, 0.717) is 34.3 Å². The first-order valence-electron chi connectivity index (χ1n) is 8.34. The molecule has 4 nitrogen and oxygen atoms in total. The summed E-state index contributed by atoms with van der Waals surface area (Å²) in [6, 6.07) is 3.29. The molecule has 0 spiro atoms. The Morgan fingerprint density at radius 2 is 1.80 bits per heavy atom. The predicted octanol–water partition coefficient (Wildman–Crippen LogP) is 5.63. The fourth-order valence-electron chi connectivity index (χ4n) is 2.47. The van der Waals surface area contributed by atoms with E-state index in [1.54, 1.807) is 19.2 Å². The van der Waals surface area contributed by atoms with E-state index in [-0.39, 0.29) is 18.1 Å². The van der Waals surface area contributed by atoms with Crippen LogP contribution in [-0.2, 0) is 14.3 Å². The van der Waals surface area contributed by atoms with E-state index in [9.17, 15) is 9.59 Å². The van der Waals surface area contributed by atoms with Crippen molar-refractivity contribution in [2.75, 3.05) is 19.0 Å². The molecule has 1 atom stereocenters. The molecule has 0 bridgehead atoms. The normalized spacial score (nSPS) is 14.4. The minimum atomic E-state index is -0.541. The lowest BCUT2D eigenvalue weighted by Crippen LogP contribution is -2.16. The molecule has 2 rings (SSSR count). The molecule has 0 radical (unpaired) electrons. The molecule has 1 aliphatic heterocycles. The number of carbonyl (C=O) groups is 2. The van der Waals surface area contributed by atoms with E-state index < -0.39 is 5.92 Å². The van der Waals surface area contributed by atoms with E-state index in [1.807, 2.05) is 13.8 Å². The van der Waals surface area contributed by atoms with E-state index >= 15 is 0 Å². The fraction of sp³-hybridized carbons (Fsp3) is 0.474. The molecule has 1 aromatic carbocycles. The van der Waals surface area contributed by atoms with Crippen molar-refractivity contribution in [3.05, 3.63) is 40.9 Å². The molecule has 1 unspecified atom stereocenters. The number of ether oxygens (including phenoxy) is 1. The molecule has 1 heterocycles. The summed E-state index contributed by atoms with van der Waals surface area (Å²) in [6.07, 6.45) is 2.20. The van der Waals surface area contributed by atoms with Crippen LogP contribution in [0.5, 0.6) is 0 Å². The highest BCUT2D eigenvalue weighted by Gasteiger charge is 2.35. The van der Waals surface area contributed by atoms with Crippen molar-refractivity contribution in [1.82, 2.24) is 0 Å². The van der Waals surface area contributed by atoms with Gasteiger partial charge in [-0.1, -0.05) is 37.0 Å². The Morgan fingerprint density at radius 1 is 1.20 bits per heavy atom. The smallest absolute Gasteiger partial charge is 0.232 e. The highest BCUT2D eigenvalue weighted by Crippen LogP contribution is 2.43. The first-order chi connectivity index (χ1) is 12.0. The Bertz CT molecular complexity index is 576. The first-order valence-corrected chi connectivity index (χ1v) is 9.09. The molecule has 0 fully saturated rings. The zero-order valence-electron chi connectivity index (χ0n) is 15.2. The number of methoxy groups -OCH3 is 1. The van der Waals surface area contributed by atoms with Gasteiger partial charge in [0.05, 0.1) is 16.6 Å². The molecule has 0 aromatic heterocycles. The molecule has 1 aliphatic rings. The van der Waals surface area contributed by atoms with Crippen LogP contribution in [0.25, 0.3) is 0 Å². The largest absolute Gasteiger partial charge is 0.385 e. The van der Waals surface area contributed by atoms with Gasteiger partial charge in [0, 0.05) is 37.1 Å². The van der Waals surface area contributed by atoms with E-state index in [2.05, 4.69) is 18.5 Å². The van der Waals surface area contributed by atoms with Crippen LogP contribution in [0, 0.1) is 0 Å². The Kier molecular flexibility index (Phi) is 12.2. The molecular formula is C19H27Cl2NO3. The van der Waals surface area contributed by atoms with Gasteiger partial charge in [-0.25, -0.2) is 0 Å². The molecule has 140 valence electrons. The molecule has 0 saturated carbocycles. The SMILES string of the molecule is C=C.CC.COCCCCC(=O)CC1C(=O)Nc2c(Cl)ccc(Cl)c21. The number of benzene rings is 1. The standard InChI is InChI=1S/C15H17Cl2NO3.C2H6.C2H4/c1-21-7-3-2-4-9(19)8-10-13-11(16)5-6-12(17)14(13)18-15(10)20;2*1-2/h5-6,10H,2-4,7-8H2,1H3,(H,18,20);1-2H3;1-2H2. The van der Waals surface area contributed by atoms with Gasteiger partial charge >= 0.3 is 0 Å². The minimum Gasteiger partial charge on any atom is -0.385 e. The van der Waals surface area contributed by atoms with Crippen molar-refractivity contribution < 1.29 is 14.3 Å². The number of hydrogen-bond acceptors (Lipinski definition) is 3. The Balaban J connectivity index is 0.00000134. The van der Waals surface area contributed by atoms with Crippen LogP contribution in [0.15, 0.2) is 25.3 Å². The van der Waals surface area contributed by atoms with Crippen molar-refractivity contribution >= 4 is 40.6 Å². The van der Waals surface area contributed by atoms with Crippen molar-refractivity contribution in [2.45, 2.75) is 45.4 Å². The topological polar surface area (TPSA) is 55.4 Å². The molecule has 1 amide bonds. The summed E-state index contributed by atoms with van der Waals surface area (Å²) in [5.41, 5.74) is 1.17. The molecular weight excluding hydrogens is 361 g/mol. The van der Waals surface area contributed by atoms with Crippen LogP contribution in [0.4, 0.5) is 5.69 Å². The van der Waals surface area contributed by atoms with Gasteiger partial charge in [0.25, 0.3) is 0 Å². The van der Waals surface area contributed by atoms with Crippen molar-refractivity contribution in [1.29, 1.82) is 0 Å². The number of rotatable bonds is 7. The van der Waals surface area contributed by atoms with Gasteiger partial charge in [0.1, 0.15) is 5.78 Å². The van der Waals surface area contributed by atoms with Gasteiger partial charge in [-0.2, -0.15) is 0 Å². The van der Waals surface area contributed by atoms with Gasteiger partial charge in [0.2, 0.25) is 5.91 Å². The Labute approximate surface area is 160 Å². The molecule has 0 aliphatic carbocycles. The molecule has 1 aromatic rings. The van der Waals surface area contributed by atoms with Gasteiger partial charge in [0.15, 0.2) is 0 Å². The van der Waals surface area contributed by atoms with Crippen LogP contribution in [-0.4, -0.2) is 25.4 Å². The maximum atomic E-state index is 12.0. The maximum absolute atomic E-state index is 12.0. The number of hydrogen-bond donors (Lipinski definition) is 1. The molecule has 6 heteroatoms. The third kappa shape index (κ3) is 6.81. The second kappa shape index (κ2) is 12.9. The zero-order chi connectivity index (χ0) is 19.4. The summed E-state index contributed by atoms with van der Waals surface area (Å²) in [5, 5.41) is 3.62. The number of halogens is 2. The summed E-state index contributed by atoms with van der Waals surface area (Å²) >= 11 is 12.2. The number of amides is 1. The number of ketones is 1. The van der Waals surface area contributed by atoms with E-state index in [4.69, 9.17) is 27.9 Å². The Morgan fingerprint density at radius 3 is 2.40 bits per heavy atom. The third-order valence-electron chi connectivity index (χ3n) is 3.54. The van der Waals surface area contributed by atoms with Crippen LogP contribution in [0.2, 0.25) is 10.0 Å². The number of Topliss-reactive ketones (excluding diaryl/α,β-unsaturated/α-hetero) is 1. The lowest BCUT2D eigenvalue weighted by atomic mass is 9.93. The first kappa shape index (κ1) is 23.6. The minimum absolute atomic E-state index is 0.0511. The number of anilines is 1. The summed E-state index contributed by atoms with van der Waals surface area (Å²) < 4.78 is 4.94. The van der Waals surface area contributed by atoms with Gasteiger partial charge in [-0.3, -0.25) is 9.59 Å². The number of unbranched alkanes of at least 4 members (excludes halogenated alkanes) is 1. The molecule has 1 N–H and O–H groups in total. The average molecular weight is 388 g/mol. The van der Waals surface area contributed by atoms with Gasteiger partial charge in [-0.05, 0) is 25.0 Å². The Hall–Kier alpha value is -1.36. The highest BCUT2D eigenvalue weighted by atomic mass is 35.5. The third-order valence-corrected chi connectivity index (χ3v) is 4.19. The summed E-state index contributed by atoms with van der Waals surface area (Å²) in [7, 11) is 1.63. The quantitative estimate of drug-likeness (QED) is 0.486. The van der Waals surface area contributed by atoms with E-state index in [1.165, 1.54) is 0 Å². The predicted molar refractivity (Wildman–Crippen MR) is 106 cm³/mol. The number of fused-ring (bicyclic) bond motifs is 1. The summed E-state index contributed by atoms with van der Waals surface area (Å²) in [6.45, 7) is 10.6. The van der Waals surface area contributed by atoms with Crippen LogP contribution in [0.3, 0.4) is 0 Å². The zero-order valence-corrected chi connectivity index (χ0v) is 16.7. The van der Waals surface area contributed by atoms with E-state index in [0.717, 1.165) is 12.8 Å². The van der Waals surface area contributed by atoms with Crippen molar-refractivity contribution in [3.8, 4) is 0 Å². The summed E-state index contributed by atoms with van der Waals surface area (Å²) in [4.78, 5) is 24.1. The number of carbonyl (C=O) groups excluding carboxylic acids is 2. The van der Waals surface area contributed by atoms with Crippen LogP contribution < -0.4 is 5.32 Å². The van der Waals surface area contributed by atoms with Crippen molar-refractivity contribution in [3.63, 3.8) is 0 Å². The number of nitrogens with one attached hydrogen (secondary N) is 1. The highest BCUT2D eigenvalue weighted by molar-refractivity contribution is 6.37. The van der Waals surface area contributed by atoms with Gasteiger partial charge < -0.3 is 10.1 Å². The molecule has 25 heavy (non-hydrogen) atoms. The second-order valence-electron chi connectivity index (χ2n) is 5.05. The monoisotopic (exact) mass is 387 g/mol. The summed E-state index contributed by atoms with van der Waals surface area (Å²) in [5.74, 6) is -0.707. The second-order valence-corrected chi connectivity index (χ2v) is 5.87. The lowest BCUT2D eigenvalue weighted by molar-refractivity contribution is -0.123. The van der Waals surface area contributed by atoms with Crippen molar-refractivity contribution in [2.24, 2.45) is 0 Å². The van der Waals surface area contributed by atoms with Gasteiger partial charge in [-0.15, -0.1) is 13.2 Å². The van der Waals surface area contributed by atoms with Crippen LogP contribution in [0.1, 0.15) is 51.0 Å².